The molecule has 0 amide bonds. The fourth-order valence-corrected chi connectivity index (χ4v) is 2.80. The van der Waals surface area contributed by atoms with Crippen LogP contribution in [0.2, 0.25) is 0 Å². The molecule has 0 bridgehead atoms. The molecule has 0 radical (unpaired) electrons. The zero-order valence-corrected chi connectivity index (χ0v) is 12.2. The number of aromatic nitrogens is 2. The van der Waals surface area contributed by atoms with Crippen LogP contribution in [0.4, 0.5) is 0 Å². The first-order chi connectivity index (χ1) is 8.79. The fraction of sp³-hybridized carbons (Fsp3) is 0.714. The molecule has 0 aromatic carbocycles. The van der Waals surface area contributed by atoms with Crippen LogP contribution in [0.15, 0.2) is 6.20 Å². The number of nitrogens with zero attached hydrogens (tertiary/aromatic N) is 3. The van der Waals surface area contributed by atoms with Crippen molar-refractivity contribution in [3.8, 4) is 0 Å². The summed E-state index contributed by atoms with van der Waals surface area (Å²) in [5, 5.41) is 13.8. The van der Waals surface area contributed by atoms with Gasteiger partial charge in [0.05, 0.1) is 5.69 Å². The molecule has 1 aromatic heterocycles. The van der Waals surface area contributed by atoms with Gasteiger partial charge in [-0.2, -0.15) is 5.10 Å². The van der Waals surface area contributed by atoms with Gasteiger partial charge in [0, 0.05) is 30.8 Å². The van der Waals surface area contributed by atoms with Crippen molar-refractivity contribution in [3.05, 3.63) is 17.5 Å². The Bertz CT molecular complexity index is 474. The van der Waals surface area contributed by atoms with E-state index in [1.54, 1.807) is 0 Å². The largest absolute Gasteiger partial charge is 0.480 e. The van der Waals surface area contributed by atoms with Gasteiger partial charge in [0.15, 0.2) is 0 Å². The smallest absolute Gasteiger partial charge is 0.320 e. The van der Waals surface area contributed by atoms with Crippen molar-refractivity contribution in [1.29, 1.82) is 0 Å². The second-order valence-electron chi connectivity index (χ2n) is 6.39. The lowest BCUT2D eigenvalue weighted by molar-refractivity contribution is -0.142. The highest BCUT2D eigenvalue weighted by atomic mass is 16.4. The van der Waals surface area contributed by atoms with Crippen molar-refractivity contribution in [2.24, 2.45) is 7.05 Å². The number of carboxylic acid groups (broad SMARTS) is 1. The van der Waals surface area contributed by atoms with E-state index in [1.807, 2.05) is 17.9 Å². The Kier molecular flexibility index (Phi) is 3.67. The molecular formula is C14H23N3O2. The van der Waals surface area contributed by atoms with Crippen LogP contribution in [0.3, 0.4) is 0 Å². The van der Waals surface area contributed by atoms with Crippen molar-refractivity contribution in [2.75, 3.05) is 6.54 Å². The summed E-state index contributed by atoms with van der Waals surface area (Å²) in [5.74, 6) is -0.710. The van der Waals surface area contributed by atoms with Gasteiger partial charge >= 0.3 is 5.97 Å². The Morgan fingerprint density at radius 1 is 1.53 bits per heavy atom. The fourth-order valence-electron chi connectivity index (χ4n) is 2.80. The van der Waals surface area contributed by atoms with Gasteiger partial charge < -0.3 is 5.11 Å². The highest BCUT2D eigenvalue weighted by Gasteiger charge is 2.32. The molecule has 19 heavy (non-hydrogen) atoms. The Morgan fingerprint density at radius 3 is 2.79 bits per heavy atom. The lowest BCUT2D eigenvalue weighted by Crippen LogP contribution is -2.35. The standard InChI is InChI=1S/C14H23N3O2/c1-14(2,3)12-10(8-16(4)15-12)9-17-7-5-6-11(17)13(18)19/h8,11H,5-7,9H2,1-4H3,(H,18,19). The molecule has 1 fully saturated rings. The van der Waals surface area contributed by atoms with E-state index in [0.717, 1.165) is 30.6 Å². The zero-order chi connectivity index (χ0) is 14.2. The minimum Gasteiger partial charge on any atom is -0.480 e. The number of carboxylic acids is 1. The maximum Gasteiger partial charge on any atom is 0.320 e. The molecule has 5 heteroatoms. The molecule has 5 nitrogen and oxygen atoms in total. The maximum absolute atomic E-state index is 11.2. The molecule has 1 aliphatic rings. The van der Waals surface area contributed by atoms with Crippen molar-refractivity contribution in [3.63, 3.8) is 0 Å². The van der Waals surface area contributed by atoms with E-state index in [9.17, 15) is 9.90 Å². The summed E-state index contributed by atoms with van der Waals surface area (Å²) in [6, 6.07) is -0.340. The Balaban J connectivity index is 2.22. The van der Waals surface area contributed by atoms with E-state index in [4.69, 9.17) is 0 Å². The molecule has 1 unspecified atom stereocenters. The van der Waals surface area contributed by atoms with Crippen LogP contribution < -0.4 is 0 Å². The Hall–Kier alpha value is -1.36. The molecule has 0 spiro atoms. The monoisotopic (exact) mass is 265 g/mol. The normalized spacial score (nSPS) is 20.9. The maximum atomic E-state index is 11.2. The van der Waals surface area contributed by atoms with Crippen molar-refractivity contribution in [1.82, 2.24) is 14.7 Å². The van der Waals surface area contributed by atoms with Crippen molar-refractivity contribution >= 4 is 5.97 Å². The Morgan fingerprint density at radius 2 is 2.21 bits per heavy atom. The summed E-state index contributed by atoms with van der Waals surface area (Å²) in [6.45, 7) is 7.94. The molecule has 2 heterocycles. The summed E-state index contributed by atoms with van der Waals surface area (Å²) in [4.78, 5) is 13.3. The number of hydrogen-bond donors (Lipinski definition) is 1. The lowest BCUT2D eigenvalue weighted by atomic mass is 9.89. The minimum absolute atomic E-state index is 0.0188. The average molecular weight is 265 g/mol. The third kappa shape index (κ3) is 2.97. The molecule has 1 aliphatic heterocycles. The van der Waals surface area contributed by atoms with E-state index in [2.05, 4.69) is 30.8 Å². The van der Waals surface area contributed by atoms with Gasteiger partial charge in [-0.05, 0) is 19.4 Å². The van der Waals surface area contributed by atoms with Crippen LogP contribution >= 0.6 is 0 Å². The van der Waals surface area contributed by atoms with E-state index < -0.39 is 5.97 Å². The number of likely N-dealkylation sites (tertiary alicyclic amines) is 1. The first kappa shape index (κ1) is 14.1. The first-order valence-electron chi connectivity index (χ1n) is 6.79. The van der Waals surface area contributed by atoms with Gasteiger partial charge in [-0.1, -0.05) is 20.8 Å². The van der Waals surface area contributed by atoms with Gasteiger partial charge in [0.25, 0.3) is 0 Å². The molecule has 0 aliphatic carbocycles. The third-order valence-electron chi connectivity index (χ3n) is 3.64. The number of rotatable bonds is 3. The van der Waals surface area contributed by atoms with Crippen molar-refractivity contribution < 1.29 is 9.90 Å². The molecule has 1 saturated heterocycles. The van der Waals surface area contributed by atoms with Crippen LogP contribution in [-0.4, -0.2) is 38.3 Å². The van der Waals surface area contributed by atoms with Gasteiger partial charge in [0.2, 0.25) is 0 Å². The SMILES string of the molecule is Cn1cc(CN2CCCC2C(=O)O)c(C(C)(C)C)n1. The molecular weight excluding hydrogens is 242 g/mol. The highest BCUT2D eigenvalue weighted by molar-refractivity contribution is 5.73. The number of aryl methyl sites for hydroxylation is 1. The van der Waals surface area contributed by atoms with Crippen LogP contribution in [0, 0.1) is 0 Å². The first-order valence-corrected chi connectivity index (χ1v) is 6.79. The Labute approximate surface area is 114 Å². The van der Waals surface area contributed by atoms with Gasteiger partial charge in [-0.3, -0.25) is 14.4 Å². The van der Waals surface area contributed by atoms with E-state index in [1.165, 1.54) is 0 Å². The number of carbonyl (C=O) groups is 1. The highest BCUT2D eigenvalue weighted by Crippen LogP contribution is 2.27. The number of aliphatic carboxylic acids is 1. The van der Waals surface area contributed by atoms with Crippen LogP contribution in [-0.2, 0) is 23.8 Å². The summed E-state index contributed by atoms with van der Waals surface area (Å²) < 4.78 is 1.82. The van der Waals surface area contributed by atoms with E-state index in [0.29, 0.717) is 6.54 Å². The predicted octanol–water partition coefficient (Wildman–Crippen LogP) is 1.77. The summed E-state index contributed by atoms with van der Waals surface area (Å²) >= 11 is 0. The average Bonchev–Trinajstić information content (AvgIpc) is 2.84. The minimum atomic E-state index is -0.710. The third-order valence-corrected chi connectivity index (χ3v) is 3.64. The van der Waals surface area contributed by atoms with Gasteiger partial charge in [-0.15, -0.1) is 0 Å². The molecule has 1 aromatic rings. The van der Waals surface area contributed by atoms with Gasteiger partial charge in [-0.25, -0.2) is 0 Å². The second kappa shape index (κ2) is 4.96. The summed E-state index contributed by atoms with van der Waals surface area (Å²) in [7, 11) is 1.91. The van der Waals surface area contributed by atoms with E-state index in [-0.39, 0.29) is 11.5 Å². The molecule has 1 atom stereocenters. The topological polar surface area (TPSA) is 58.4 Å². The zero-order valence-electron chi connectivity index (χ0n) is 12.2. The second-order valence-corrected chi connectivity index (χ2v) is 6.39. The van der Waals surface area contributed by atoms with Crippen LogP contribution in [0.5, 0.6) is 0 Å². The summed E-state index contributed by atoms with van der Waals surface area (Å²) in [6.07, 6.45) is 3.72. The molecule has 0 saturated carbocycles. The molecule has 106 valence electrons. The van der Waals surface area contributed by atoms with E-state index >= 15 is 0 Å². The van der Waals surface area contributed by atoms with Crippen molar-refractivity contribution in [2.45, 2.75) is 51.6 Å². The quantitative estimate of drug-likeness (QED) is 0.905. The van der Waals surface area contributed by atoms with Crippen LogP contribution in [0.1, 0.15) is 44.9 Å². The lowest BCUT2D eigenvalue weighted by Gasteiger charge is -2.23. The van der Waals surface area contributed by atoms with Gasteiger partial charge in [0.1, 0.15) is 6.04 Å². The van der Waals surface area contributed by atoms with Crippen LogP contribution in [0.25, 0.3) is 0 Å². The predicted molar refractivity (Wildman–Crippen MR) is 73.0 cm³/mol. The molecule has 1 N–H and O–H groups in total. The molecule has 2 rings (SSSR count). The summed E-state index contributed by atoms with van der Waals surface area (Å²) in [5.41, 5.74) is 2.18. The number of hydrogen-bond acceptors (Lipinski definition) is 3.